The number of H-pyrrole nitrogens is 1. The lowest BCUT2D eigenvalue weighted by Crippen LogP contribution is -2.25. The van der Waals surface area contributed by atoms with Gasteiger partial charge < -0.3 is 19.2 Å². The molecule has 5 heteroatoms. The summed E-state index contributed by atoms with van der Waals surface area (Å²) in [6, 6.07) is 1.91. The highest BCUT2D eigenvalue weighted by atomic mass is 32.2. The van der Waals surface area contributed by atoms with Crippen molar-refractivity contribution in [3.05, 3.63) is 12.3 Å². The van der Waals surface area contributed by atoms with Crippen LogP contribution in [0.25, 0.3) is 0 Å². The minimum absolute atomic E-state index is 0.117. The van der Waals surface area contributed by atoms with Crippen LogP contribution in [0.3, 0.4) is 0 Å². The first kappa shape index (κ1) is 12.2. The van der Waals surface area contributed by atoms with E-state index >= 15 is 0 Å². The van der Waals surface area contributed by atoms with Crippen molar-refractivity contribution in [2.75, 3.05) is 12.4 Å². The van der Waals surface area contributed by atoms with E-state index in [-0.39, 0.29) is 11.7 Å². The Kier molecular flexibility index (Phi) is 4.00. The standard InChI is InChI=1S/C13H19NO3S/c1-2-8-15-11(4-1)16-10-6-7-14-13(10)17-12-5-3-9-18-12/h6-7,11-12,14H,1-5,8-9H2. The third kappa shape index (κ3) is 2.95. The number of aromatic amines is 1. The smallest absolute Gasteiger partial charge is 0.235 e. The molecule has 1 aromatic heterocycles. The summed E-state index contributed by atoms with van der Waals surface area (Å²) in [5.74, 6) is 2.70. The maximum Gasteiger partial charge on any atom is 0.235 e. The van der Waals surface area contributed by atoms with Gasteiger partial charge in [0.15, 0.2) is 12.0 Å². The molecule has 0 bridgehead atoms. The van der Waals surface area contributed by atoms with Gasteiger partial charge in [0.25, 0.3) is 0 Å². The van der Waals surface area contributed by atoms with Crippen molar-refractivity contribution in [1.29, 1.82) is 0 Å². The van der Waals surface area contributed by atoms with E-state index in [4.69, 9.17) is 14.2 Å². The molecule has 1 aromatic rings. The Morgan fingerprint density at radius 2 is 2.22 bits per heavy atom. The van der Waals surface area contributed by atoms with E-state index in [1.807, 2.05) is 24.0 Å². The van der Waals surface area contributed by atoms with Crippen LogP contribution in [0.5, 0.6) is 11.6 Å². The quantitative estimate of drug-likeness (QED) is 0.912. The highest BCUT2D eigenvalue weighted by Crippen LogP contribution is 2.34. The Morgan fingerprint density at radius 1 is 1.22 bits per heavy atom. The molecule has 18 heavy (non-hydrogen) atoms. The average molecular weight is 269 g/mol. The monoisotopic (exact) mass is 269 g/mol. The van der Waals surface area contributed by atoms with Crippen LogP contribution in [-0.4, -0.2) is 29.1 Å². The van der Waals surface area contributed by atoms with Gasteiger partial charge in [-0.05, 0) is 31.4 Å². The number of nitrogens with one attached hydrogen (secondary N) is 1. The molecular weight excluding hydrogens is 250 g/mol. The lowest BCUT2D eigenvalue weighted by atomic mass is 10.2. The first-order chi connectivity index (χ1) is 8.92. The molecule has 0 spiro atoms. The van der Waals surface area contributed by atoms with Crippen LogP contribution >= 0.6 is 11.8 Å². The fourth-order valence-corrected chi connectivity index (χ4v) is 3.34. The third-order valence-electron chi connectivity index (χ3n) is 3.21. The van der Waals surface area contributed by atoms with Gasteiger partial charge in [-0.1, -0.05) is 0 Å². The Labute approximate surface area is 111 Å². The summed E-state index contributed by atoms with van der Waals surface area (Å²) < 4.78 is 17.3. The Bertz CT molecular complexity index is 370. The molecule has 2 atom stereocenters. The number of hydrogen-bond acceptors (Lipinski definition) is 4. The molecule has 3 rings (SSSR count). The number of rotatable bonds is 4. The van der Waals surface area contributed by atoms with Crippen molar-refractivity contribution in [2.24, 2.45) is 0 Å². The molecule has 2 saturated heterocycles. The van der Waals surface area contributed by atoms with Crippen LogP contribution in [-0.2, 0) is 4.74 Å². The summed E-state index contributed by atoms with van der Waals surface area (Å²) in [4.78, 5) is 3.11. The van der Waals surface area contributed by atoms with Gasteiger partial charge in [-0.2, -0.15) is 0 Å². The van der Waals surface area contributed by atoms with Crippen molar-refractivity contribution in [2.45, 2.75) is 43.8 Å². The van der Waals surface area contributed by atoms with Crippen LogP contribution in [0, 0.1) is 0 Å². The molecule has 100 valence electrons. The molecule has 4 nitrogen and oxygen atoms in total. The van der Waals surface area contributed by atoms with Gasteiger partial charge in [-0.25, -0.2) is 0 Å². The molecule has 2 fully saturated rings. The maximum atomic E-state index is 5.91. The molecule has 2 aliphatic rings. The van der Waals surface area contributed by atoms with Crippen LogP contribution < -0.4 is 9.47 Å². The number of hydrogen-bond donors (Lipinski definition) is 1. The lowest BCUT2D eigenvalue weighted by molar-refractivity contribution is -0.106. The molecule has 2 aliphatic heterocycles. The number of ether oxygens (including phenoxy) is 3. The SMILES string of the molecule is c1cc(OC2CCCCO2)c(OC2CCCS2)[nH]1. The predicted octanol–water partition coefficient (Wildman–Crippen LogP) is 3.15. The van der Waals surface area contributed by atoms with Crippen LogP contribution in [0.2, 0.25) is 0 Å². The second kappa shape index (κ2) is 5.89. The summed E-state index contributed by atoms with van der Waals surface area (Å²) in [7, 11) is 0. The van der Waals surface area contributed by atoms with Gasteiger partial charge in [0.05, 0.1) is 6.61 Å². The van der Waals surface area contributed by atoms with Gasteiger partial charge >= 0.3 is 0 Å². The minimum atomic E-state index is -0.117. The topological polar surface area (TPSA) is 43.5 Å². The Hall–Kier alpha value is -0.810. The second-order valence-electron chi connectivity index (χ2n) is 4.65. The van der Waals surface area contributed by atoms with Gasteiger partial charge in [0.1, 0.15) is 5.44 Å². The fraction of sp³-hybridized carbons (Fsp3) is 0.692. The molecule has 2 unspecified atom stereocenters. The van der Waals surface area contributed by atoms with E-state index in [1.165, 1.54) is 18.6 Å². The molecule has 0 aliphatic carbocycles. The summed E-state index contributed by atoms with van der Waals surface area (Å²) in [5.41, 5.74) is 0.262. The molecule has 0 radical (unpaired) electrons. The van der Waals surface area contributed by atoms with Crippen LogP contribution in [0.15, 0.2) is 12.3 Å². The third-order valence-corrected chi connectivity index (χ3v) is 4.43. The zero-order valence-electron chi connectivity index (χ0n) is 10.4. The Balaban J connectivity index is 1.59. The summed E-state index contributed by atoms with van der Waals surface area (Å²) in [6.45, 7) is 0.795. The summed E-state index contributed by atoms with van der Waals surface area (Å²) in [5, 5.41) is 0. The maximum absolute atomic E-state index is 5.91. The lowest BCUT2D eigenvalue weighted by Gasteiger charge is -2.23. The van der Waals surface area contributed by atoms with E-state index in [0.29, 0.717) is 0 Å². The first-order valence-corrected chi connectivity index (χ1v) is 7.70. The van der Waals surface area contributed by atoms with Crippen LogP contribution in [0.4, 0.5) is 0 Å². The molecular formula is C13H19NO3S. The molecule has 0 saturated carbocycles. The van der Waals surface area contributed by atoms with Gasteiger partial charge in [0, 0.05) is 18.7 Å². The predicted molar refractivity (Wildman–Crippen MR) is 71.1 cm³/mol. The highest BCUT2D eigenvalue weighted by molar-refractivity contribution is 8.00. The van der Waals surface area contributed by atoms with Gasteiger partial charge in [0.2, 0.25) is 5.88 Å². The van der Waals surface area contributed by atoms with Crippen molar-refractivity contribution in [3.8, 4) is 11.6 Å². The molecule has 0 amide bonds. The number of thioether (sulfide) groups is 1. The average Bonchev–Trinajstić information content (AvgIpc) is 3.04. The van der Waals surface area contributed by atoms with Crippen molar-refractivity contribution in [3.63, 3.8) is 0 Å². The minimum Gasteiger partial charge on any atom is -0.462 e. The zero-order valence-corrected chi connectivity index (χ0v) is 11.2. The second-order valence-corrected chi connectivity index (χ2v) is 5.91. The zero-order chi connectivity index (χ0) is 12.2. The largest absolute Gasteiger partial charge is 0.462 e. The van der Waals surface area contributed by atoms with E-state index in [2.05, 4.69) is 4.98 Å². The first-order valence-electron chi connectivity index (χ1n) is 6.66. The van der Waals surface area contributed by atoms with Crippen molar-refractivity contribution in [1.82, 2.24) is 4.98 Å². The Morgan fingerprint density at radius 3 is 3.00 bits per heavy atom. The van der Waals surface area contributed by atoms with E-state index in [0.717, 1.165) is 37.5 Å². The van der Waals surface area contributed by atoms with Crippen molar-refractivity contribution < 1.29 is 14.2 Å². The van der Waals surface area contributed by atoms with E-state index in [9.17, 15) is 0 Å². The van der Waals surface area contributed by atoms with E-state index < -0.39 is 0 Å². The summed E-state index contributed by atoms with van der Waals surface area (Å²) >= 11 is 1.87. The molecule has 3 heterocycles. The van der Waals surface area contributed by atoms with Gasteiger partial charge in [-0.3, -0.25) is 0 Å². The normalized spacial score (nSPS) is 28.2. The van der Waals surface area contributed by atoms with Gasteiger partial charge in [-0.15, -0.1) is 11.8 Å². The molecule has 0 aromatic carbocycles. The molecule has 1 N–H and O–H groups in total. The summed E-state index contributed by atoms with van der Waals surface area (Å²) in [6.07, 6.45) is 7.35. The van der Waals surface area contributed by atoms with Crippen molar-refractivity contribution >= 4 is 11.8 Å². The highest BCUT2D eigenvalue weighted by Gasteiger charge is 2.22. The van der Waals surface area contributed by atoms with E-state index in [1.54, 1.807) is 0 Å². The number of aromatic nitrogens is 1. The fourth-order valence-electron chi connectivity index (χ4n) is 2.24. The van der Waals surface area contributed by atoms with Crippen LogP contribution in [0.1, 0.15) is 32.1 Å².